The lowest BCUT2D eigenvalue weighted by molar-refractivity contribution is -0.115. The smallest absolute Gasteiger partial charge is 0.166 e. The molecular weight excluding hydrogens is 176 g/mol. The zero-order chi connectivity index (χ0) is 10.6. The molecule has 0 aromatic rings. The average molecular weight is 194 g/mol. The first-order valence-electron chi connectivity index (χ1n) is 5.26. The Labute approximate surface area is 85.1 Å². The van der Waals surface area contributed by atoms with E-state index in [1.165, 1.54) is 0 Å². The standard InChI is InChI=1S/C11H18N2O/c1-3-9(13-4-2)11-8(12)6-5-7-10(11)14/h3-7,12H2,1-2H3. The Kier molecular flexibility index (Phi) is 3.86. The maximum atomic E-state index is 11.7. The van der Waals surface area contributed by atoms with Crippen LogP contribution in [0.4, 0.5) is 0 Å². The first-order chi connectivity index (χ1) is 6.70. The van der Waals surface area contributed by atoms with E-state index in [0.717, 1.165) is 30.7 Å². The average Bonchev–Trinajstić information content (AvgIpc) is 2.16. The number of Topliss-reactive ketones (excluding diaryl/α,β-unsaturated/α-hetero) is 1. The fraction of sp³-hybridized carbons (Fsp3) is 0.636. The van der Waals surface area contributed by atoms with E-state index in [-0.39, 0.29) is 5.78 Å². The lowest BCUT2D eigenvalue weighted by Gasteiger charge is -2.17. The van der Waals surface area contributed by atoms with E-state index >= 15 is 0 Å². The minimum absolute atomic E-state index is 0.169. The monoisotopic (exact) mass is 194 g/mol. The van der Waals surface area contributed by atoms with Gasteiger partial charge in [-0.25, -0.2) is 0 Å². The van der Waals surface area contributed by atoms with Crippen molar-refractivity contribution in [1.29, 1.82) is 0 Å². The first kappa shape index (κ1) is 11.0. The van der Waals surface area contributed by atoms with Crippen LogP contribution in [-0.4, -0.2) is 18.0 Å². The van der Waals surface area contributed by atoms with E-state index in [2.05, 4.69) is 4.99 Å². The van der Waals surface area contributed by atoms with E-state index < -0.39 is 0 Å². The molecule has 0 saturated heterocycles. The van der Waals surface area contributed by atoms with Crippen molar-refractivity contribution in [1.82, 2.24) is 0 Å². The van der Waals surface area contributed by atoms with E-state index in [1.807, 2.05) is 13.8 Å². The number of ketones is 1. The second kappa shape index (κ2) is 4.94. The molecule has 1 aliphatic rings. The molecular formula is C11H18N2O. The highest BCUT2D eigenvalue weighted by atomic mass is 16.1. The van der Waals surface area contributed by atoms with Gasteiger partial charge in [0.25, 0.3) is 0 Å². The second-order valence-electron chi connectivity index (χ2n) is 3.45. The Morgan fingerprint density at radius 3 is 2.64 bits per heavy atom. The molecule has 1 aliphatic carbocycles. The molecule has 0 fully saturated rings. The van der Waals surface area contributed by atoms with Gasteiger partial charge in [0.05, 0.1) is 5.57 Å². The molecule has 0 atom stereocenters. The third kappa shape index (κ3) is 2.22. The highest BCUT2D eigenvalue weighted by molar-refractivity contribution is 6.23. The van der Waals surface area contributed by atoms with Crippen LogP contribution in [0, 0.1) is 0 Å². The molecule has 78 valence electrons. The fourth-order valence-corrected chi connectivity index (χ4v) is 1.77. The van der Waals surface area contributed by atoms with Crippen LogP contribution >= 0.6 is 0 Å². The van der Waals surface area contributed by atoms with Gasteiger partial charge >= 0.3 is 0 Å². The third-order valence-corrected chi connectivity index (χ3v) is 2.42. The summed E-state index contributed by atoms with van der Waals surface area (Å²) in [6, 6.07) is 0. The van der Waals surface area contributed by atoms with E-state index in [4.69, 9.17) is 5.73 Å². The highest BCUT2D eigenvalue weighted by Gasteiger charge is 2.21. The van der Waals surface area contributed by atoms with E-state index in [1.54, 1.807) is 0 Å². The SMILES string of the molecule is CCN=C(CC)C1=C(N)CCCC1=O. The minimum Gasteiger partial charge on any atom is -0.401 e. The highest BCUT2D eigenvalue weighted by Crippen LogP contribution is 2.20. The molecule has 0 aliphatic heterocycles. The molecule has 3 heteroatoms. The zero-order valence-corrected chi connectivity index (χ0v) is 8.97. The van der Waals surface area contributed by atoms with Crippen LogP contribution in [0.15, 0.2) is 16.3 Å². The van der Waals surface area contributed by atoms with Crippen molar-refractivity contribution in [3.8, 4) is 0 Å². The van der Waals surface area contributed by atoms with Crippen LogP contribution < -0.4 is 5.73 Å². The molecule has 0 unspecified atom stereocenters. The summed E-state index contributed by atoms with van der Waals surface area (Å²) < 4.78 is 0. The number of rotatable bonds is 3. The van der Waals surface area contributed by atoms with Crippen molar-refractivity contribution in [3.63, 3.8) is 0 Å². The topological polar surface area (TPSA) is 55.4 Å². The van der Waals surface area contributed by atoms with Crippen LogP contribution in [0.3, 0.4) is 0 Å². The minimum atomic E-state index is 0.169. The van der Waals surface area contributed by atoms with Crippen LogP contribution in [-0.2, 0) is 4.79 Å². The van der Waals surface area contributed by atoms with Gasteiger partial charge in [-0.15, -0.1) is 0 Å². The number of carbonyl (C=O) groups excluding carboxylic acids is 1. The van der Waals surface area contributed by atoms with Crippen LogP contribution in [0.25, 0.3) is 0 Å². The number of hydrogen-bond donors (Lipinski definition) is 1. The summed E-state index contributed by atoms with van der Waals surface area (Å²) in [7, 11) is 0. The Hall–Kier alpha value is -1.12. The Morgan fingerprint density at radius 1 is 1.43 bits per heavy atom. The van der Waals surface area contributed by atoms with E-state index in [0.29, 0.717) is 18.5 Å². The lowest BCUT2D eigenvalue weighted by Crippen LogP contribution is -2.22. The summed E-state index contributed by atoms with van der Waals surface area (Å²) in [5, 5.41) is 0. The van der Waals surface area contributed by atoms with Gasteiger partial charge in [-0.3, -0.25) is 9.79 Å². The summed E-state index contributed by atoms with van der Waals surface area (Å²) in [5.41, 5.74) is 8.18. The zero-order valence-electron chi connectivity index (χ0n) is 8.97. The molecule has 0 aromatic heterocycles. The lowest BCUT2D eigenvalue weighted by atomic mass is 9.91. The van der Waals surface area contributed by atoms with Gasteiger partial charge in [-0.2, -0.15) is 0 Å². The van der Waals surface area contributed by atoms with Gasteiger partial charge in [0.15, 0.2) is 5.78 Å². The summed E-state index contributed by atoms with van der Waals surface area (Å²) in [6.45, 7) is 4.70. The van der Waals surface area contributed by atoms with Crippen molar-refractivity contribution in [2.75, 3.05) is 6.54 Å². The number of aliphatic imine (C=N–C) groups is 1. The van der Waals surface area contributed by atoms with Gasteiger partial charge in [0.2, 0.25) is 0 Å². The Morgan fingerprint density at radius 2 is 2.14 bits per heavy atom. The van der Waals surface area contributed by atoms with Crippen LogP contribution in [0.1, 0.15) is 39.5 Å². The number of hydrogen-bond acceptors (Lipinski definition) is 3. The number of nitrogens with two attached hydrogens (primary N) is 1. The maximum absolute atomic E-state index is 11.7. The summed E-state index contributed by atoms with van der Waals surface area (Å²) >= 11 is 0. The fourth-order valence-electron chi connectivity index (χ4n) is 1.77. The van der Waals surface area contributed by atoms with Gasteiger partial charge in [0, 0.05) is 24.4 Å². The Bertz CT molecular complexity index is 290. The number of carbonyl (C=O) groups is 1. The van der Waals surface area contributed by atoms with Crippen molar-refractivity contribution in [3.05, 3.63) is 11.3 Å². The van der Waals surface area contributed by atoms with Crippen molar-refractivity contribution in [2.24, 2.45) is 10.7 Å². The normalized spacial score (nSPS) is 19.0. The molecule has 0 amide bonds. The molecule has 0 radical (unpaired) electrons. The third-order valence-electron chi connectivity index (χ3n) is 2.42. The van der Waals surface area contributed by atoms with Gasteiger partial charge in [-0.05, 0) is 26.2 Å². The largest absolute Gasteiger partial charge is 0.401 e. The Balaban J connectivity index is 3.02. The van der Waals surface area contributed by atoms with Gasteiger partial charge in [-0.1, -0.05) is 6.92 Å². The maximum Gasteiger partial charge on any atom is 0.166 e. The predicted octanol–water partition coefficient (Wildman–Crippen LogP) is 1.82. The molecule has 1 rings (SSSR count). The molecule has 3 nitrogen and oxygen atoms in total. The quantitative estimate of drug-likeness (QED) is 0.697. The van der Waals surface area contributed by atoms with Gasteiger partial charge < -0.3 is 5.73 Å². The van der Waals surface area contributed by atoms with E-state index in [9.17, 15) is 4.79 Å². The van der Waals surface area contributed by atoms with Crippen LogP contribution in [0.5, 0.6) is 0 Å². The second-order valence-corrected chi connectivity index (χ2v) is 3.45. The molecule has 0 spiro atoms. The van der Waals surface area contributed by atoms with Crippen molar-refractivity contribution in [2.45, 2.75) is 39.5 Å². The molecule has 0 bridgehead atoms. The van der Waals surface area contributed by atoms with Gasteiger partial charge in [0.1, 0.15) is 0 Å². The predicted molar refractivity (Wildman–Crippen MR) is 58.3 cm³/mol. The molecule has 0 aromatic carbocycles. The molecule has 2 N–H and O–H groups in total. The molecule has 0 heterocycles. The number of nitrogens with zero attached hydrogens (tertiary/aromatic N) is 1. The number of allylic oxidation sites excluding steroid dienone is 2. The van der Waals surface area contributed by atoms with Crippen molar-refractivity contribution < 1.29 is 4.79 Å². The van der Waals surface area contributed by atoms with Crippen LogP contribution in [0.2, 0.25) is 0 Å². The first-order valence-corrected chi connectivity index (χ1v) is 5.26. The summed E-state index contributed by atoms with van der Waals surface area (Å²) in [4.78, 5) is 16.0. The molecule has 0 saturated carbocycles. The summed E-state index contributed by atoms with van der Waals surface area (Å²) in [5.74, 6) is 0.169. The molecule has 14 heavy (non-hydrogen) atoms. The van der Waals surface area contributed by atoms with Crippen molar-refractivity contribution >= 4 is 11.5 Å². The summed E-state index contributed by atoms with van der Waals surface area (Å²) in [6.07, 6.45) is 3.13.